The summed E-state index contributed by atoms with van der Waals surface area (Å²) in [6, 6.07) is 11.3. The Bertz CT molecular complexity index is 842. The lowest BCUT2D eigenvalue weighted by atomic mass is 10.2. The van der Waals surface area contributed by atoms with Crippen LogP contribution in [0.2, 0.25) is 10.0 Å². The average Bonchev–Trinajstić information content (AvgIpc) is 2.71. The van der Waals surface area contributed by atoms with E-state index in [9.17, 15) is 0 Å². The molecule has 0 aromatic heterocycles. The first kappa shape index (κ1) is 21.0. The lowest BCUT2D eigenvalue weighted by Gasteiger charge is -2.36. The molecule has 3 rings (SSSR count). The van der Waals surface area contributed by atoms with Gasteiger partial charge in [-0.05, 0) is 42.0 Å². The third-order valence-electron chi connectivity index (χ3n) is 4.72. The van der Waals surface area contributed by atoms with E-state index in [0.29, 0.717) is 20.9 Å². The van der Waals surface area contributed by atoms with Gasteiger partial charge in [0, 0.05) is 48.8 Å². The van der Waals surface area contributed by atoms with Gasteiger partial charge in [-0.25, -0.2) is 0 Å². The van der Waals surface area contributed by atoms with Crippen LogP contribution in [0.5, 0.6) is 11.5 Å². The van der Waals surface area contributed by atoms with Crippen molar-refractivity contribution in [2.45, 2.75) is 6.54 Å². The van der Waals surface area contributed by atoms with E-state index in [0.717, 1.165) is 49.7 Å². The quantitative estimate of drug-likeness (QED) is 0.689. The van der Waals surface area contributed by atoms with Gasteiger partial charge in [0.05, 0.1) is 19.9 Å². The van der Waals surface area contributed by atoms with Crippen LogP contribution in [0.4, 0.5) is 5.69 Å². The van der Waals surface area contributed by atoms with E-state index < -0.39 is 0 Å². The van der Waals surface area contributed by atoms with Crippen molar-refractivity contribution in [3.63, 3.8) is 0 Å². The highest BCUT2D eigenvalue weighted by molar-refractivity contribution is 7.80. The Balaban J connectivity index is 1.55. The standard InChI is InChI=1S/C20H23Cl2N3O2S/c1-26-16-5-6-18(19(12-16)27-2)23-20(28)25-9-7-24(8-10-25)13-14-3-4-15(21)11-17(14)22/h3-6,11-12H,7-10,13H2,1-2H3,(H,23,28). The zero-order valence-electron chi connectivity index (χ0n) is 15.9. The van der Waals surface area contributed by atoms with Gasteiger partial charge in [-0.1, -0.05) is 29.3 Å². The van der Waals surface area contributed by atoms with Gasteiger partial charge < -0.3 is 19.7 Å². The van der Waals surface area contributed by atoms with E-state index in [1.807, 2.05) is 30.3 Å². The molecule has 0 radical (unpaired) electrons. The number of thiocarbonyl (C=S) groups is 1. The first-order chi connectivity index (χ1) is 13.5. The molecule has 1 N–H and O–H groups in total. The SMILES string of the molecule is COc1ccc(NC(=S)N2CCN(Cc3ccc(Cl)cc3Cl)CC2)c(OC)c1. The molecule has 1 aliphatic rings. The molecular formula is C20H23Cl2N3O2S. The van der Waals surface area contributed by atoms with Crippen LogP contribution in [0.3, 0.4) is 0 Å². The molecule has 0 bridgehead atoms. The third kappa shape index (κ3) is 5.20. The first-order valence-corrected chi connectivity index (χ1v) is 10.1. The number of halogens is 2. The molecule has 0 unspecified atom stereocenters. The van der Waals surface area contributed by atoms with Gasteiger partial charge in [-0.3, -0.25) is 4.90 Å². The summed E-state index contributed by atoms with van der Waals surface area (Å²) in [4.78, 5) is 4.53. The largest absolute Gasteiger partial charge is 0.497 e. The molecule has 0 amide bonds. The van der Waals surface area contributed by atoms with Crippen molar-refractivity contribution in [2.75, 3.05) is 45.7 Å². The van der Waals surface area contributed by atoms with Crippen molar-refractivity contribution in [3.8, 4) is 11.5 Å². The molecule has 2 aromatic carbocycles. The summed E-state index contributed by atoms with van der Waals surface area (Å²) in [6.45, 7) is 4.29. The number of ether oxygens (including phenoxy) is 2. The Hall–Kier alpha value is -1.73. The predicted octanol–water partition coefficient (Wildman–Crippen LogP) is 4.53. The molecule has 0 spiro atoms. The normalized spacial score (nSPS) is 14.6. The van der Waals surface area contributed by atoms with E-state index in [-0.39, 0.29) is 0 Å². The fraction of sp³-hybridized carbons (Fsp3) is 0.350. The highest BCUT2D eigenvalue weighted by Crippen LogP contribution is 2.29. The molecule has 0 saturated carbocycles. The van der Waals surface area contributed by atoms with Crippen molar-refractivity contribution < 1.29 is 9.47 Å². The minimum atomic E-state index is 0.656. The number of methoxy groups -OCH3 is 2. The summed E-state index contributed by atoms with van der Waals surface area (Å²) in [6.07, 6.45) is 0. The van der Waals surface area contributed by atoms with Crippen LogP contribution in [-0.4, -0.2) is 55.3 Å². The number of anilines is 1. The van der Waals surface area contributed by atoms with Gasteiger partial charge >= 0.3 is 0 Å². The van der Waals surface area contributed by atoms with Gasteiger partial charge in [0.25, 0.3) is 0 Å². The molecule has 150 valence electrons. The molecule has 1 saturated heterocycles. The summed E-state index contributed by atoms with van der Waals surface area (Å²) in [5.41, 5.74) is 1.91. The van der Waals surface area contributed by atoms with Crippen LogP contribution in [-0.2, 0) is 6.54 Å². The molecule has 1 aliphatic heterocycles. The number of nitrogens with one attached hydrogen (secondary N) is 1. The highest BCUT2D eigenvalue weighted by atomic mass is 35.5. The number of piperazine rings is 1. The summed E-state index contributed by atoms with van der Waals surface area (Å²) in [5, 5.41) is 5.34. The Morgan fingerprint density at radius 3 is 2.43 bits per heavy atom. The Labute approximate surface area is 181 Å². The van der Waals surface area contributed by atoms with Crippen LogP contribution in [0.15, 0.2) is 36.4 Å². The summed E-state index contributed by atoms with van der Waals surface area (Å²) >= 11 is 17.9. The molecular weight excluding hydrogens is 417 g/mol. The zero-order valence-corrected chi connectivity index (χ0v) is 18.2. The molecule has 8 heteroatoms. The maximum atomic E-state index is 6.30. The van der Waals surface area contributed by atoms with Gasteiger partial charge in [0.15, 0.2) is 5.11 Å². The first-order valence-electron chi connectivity index (χ1n) is 8.94. The molecule has 0 aliphatic carbocycles. The van der Waals surface area contributed by atoms with Crippen molar-refractivity contribution in [3.05, 3.63) is 52.0 Å². The fourth-order valence-electron chi connectivity index (χ4n) is 3.10. The number of nitrogens with zero attached hydrogens (tertiary/aromatic N) is 2. The highest BCUT2D eigenvalue weighted by Gasteiger charge is 2.20. The smallest absolute Gasteiger partial charge is 0.173 e. The zero-order chi connectivity index (χ0) is 20.1. The van der Waals surface area contributed by atoms with Gasteiger partial charge in [-0.2, -0.15) is 0 Å². The molecule has 0 atom stereocenters. The minimum absolute atomic E-state index is 0.656. The topological polar surface area (TPSA) is 37.0 Å². The summed E-state index contributed by atoms with van der Waals surface area (Å²) < 4.78 is 10.7. The number of hydrogen-bond donors (Lipinski definition) is 1. The lowest BCUT2D eigenvalue weighted by Crippen LogP contribution is -2.49. The molecule has 1 fully saturated rings. The fourth-order valence-corrected chi connectivity index (χ4v) is 3.86. The van der Waals surface area contributed by atoms with E-state index in [1.165, 1.54) is 0 Å². The molecule has 5 nitrogen and oxygen atoms in total. The molecule has 28 heavy (non-hydrogen) atoms. The second-order valence-corrected chi connectivity index (χ2v) is 7.73. The van der Waals surface area contributed by atoms with E-state index >= 15 is 0 Å². The maximum absolute atomic E-state index is 6.30. The van der Waals surface area contributed by atoms with Crippen LogP contribution in [0.25, 0.3) is 0 Å². The monoisotopic (exact) mass is 439 g/mol. The number of benzene rings is 2. The van der Waals surface area contributed by atoms with E-state index in [2.05, 4.69) is 15.1 Å². The Morgan fingerprint density at radius 2 is 1.79 bits per heavy atom. The predicted molar refractivity (Wildman–Crippen MR) is 119 cm³/mol. The van der Waals surface area contributed by atoms with Crippen LogP contribution < -0.4 is 14.8 Å². The Morgan fingerprint density at radius 1 is 1.04 bits per heavy atom. The van der Waals surface area contributed by atoms with Crippen LogP contribution in [0.1, 0.15) is 5.56 Å². The van der Waals surface area contributed by atoms with Gasteiger partial charge in [-0.15, -0.1) is 0 Å². The molecule has 2 aromatic rings. The lowest BCUT2D eigenvalue weighted by molar-refractivity contribution is 0.177. The maximum Gasteiger partial charge on any atom is 0.173 e. The second kappa shape index (κ2) is 9.65. The third-order valence-corrected chi connectivity index (χ3v) is 5.67. The van der Waals surface area contributed by atoms with E-state index in [1.54, 1.807) is 20.3 Å². The van der Waals surface area contributed by atoms with E-state index in [4.69, 9.17) is 44.9 Å². The van der Waals surface area contributed by atoms with Crippen molar-refractivity contribution in [2.24, 2.45) is 0 Å². The summed E-state index contributed by atoms with van der Waals surface area (Å²) in [5.74, 6) is 1.43. The number of hydrogen-bond acceptors (Lipinski definition) is 4. The van der Waals surface area contributed by atoms with Crippen LogP contribution >= 0.6 is 35.4 Å². The van der Waals surface area contributed by atoms with Crippen molar-refractivity contribution in [1.82, 2.24) is 9.80 Å². The van der Waals surface area contributed by atoms with Crippen LogP contribution in [0, 0.1) is 0 Å². The average molecular weight is 440 g/mol. The van der Waals surface area contributed by atoms with Crippen molar-refractivity contribution >= 4 is 46.2 Å². The second-order valence-electron chi connectivity index (χ2n) is 6.50. The minimum Gasteiger partial charge on any atom is -0.497 e. The summed E-state index contributed by atoms with van der Waals surface area (Å²) in [7, 11) is 3.26. The molecule has 1 heterocycles. The van der Waals surface area contributed by atoms with Gasteiger partial charge in [0.2, 0.25) is 0 Å². The van der Waals surface area contributed by atoms with Gasteiger partial charge in [0.1, 0.15) is 11.5 Å². The Kier molecular flexibility index (Phi) is 7.24. The van der Waals surface area contributed by atoms with Crippen molar-refractivity contribution in [1.29, 1.82) is 0 Å². The number of rotatable bonds is 5.